The van der Waals surface area contributed by atoms with Gasteiger partial charge in [-0.3, -0.25) is 0 Å². The number of carboxylic acid groups (broad SMARTS) is 1. The third-order valence-electron chi connectivity index (χ3n) is 0. The first-order chi connectivity index (χ1) is 1.73. The normalized spacial score (nSPS) is 4.33. The van der Waals surface area contributed by atoms with Gasteiger partial charge in [0.1, 0.15) is 0 Å². The molecule has 2 nitrogen and oxygen atoms in total. The van der Waals surface area contributed by atoms with Crippen molar-refractivity contribution in [2.24, 2.45) is 0 Å². The molecule has 0 radical (unpaired) electrons. The molecule has 6 heavy (non-hydrogen) atoms. The van der Waals surface area contributed by atoms with Crippen molar-refractivity contribution in [3.05, 3.63) is 0 Å². The molecule has 0 saturated carbocycles. The van der Waals surface area contributed by atoms with Gasteiger partial charge in [-0.1, -0.05) is 0 Å². The van der Waals surface area contributed by atoms with E-state index < -0.39 is 4.56 Å². The largest absolute Gasteiger partial charge is 0 e. The van der Waals surface area contributed by atoms with E-state index in [-0.39, 0.29) is 52.4 Å². The Morgan fingerprint density at radius 3 is 1.67 bits per heavy atom. The van der Waals surface area contributed by atoms with Gasteiger partial charge in [0, 0.05) is 26.2 Å². The summed E-state index contributed by atoms with van der Waals surface area (Å²) in [6, 6.07) is 0. The monoisotopic (exact) mass is 411 g/mol. The van der Waals surface area contributed by atoms with Crippen molar-refractivity contribution in [3.8, 4) is 0 Å². The van der Waals surface area contributed by atoms with E-state index in [1.807, 2.05) is 0 Å². The first kappa shape index (κ1) is 15.7. The summed E-state index contributed by atoms with van der Waals surface area (Å²) in [5.41, 5.74) is 0. The molecular formula is CH4BiO2ZnZr. The van der Waals surface area contributed by atoms with Crippen molar-refractivity contribution >= 4 is 30.8 Å². The molecule has 0 aromatic rings. The van der Waals surface area contributed by atoms with Crippen LogP contribution in [0.1, 0.15) is 0 Å². The van der Waals surface area contributed by atoms with E-state index in [4.69, 9.17) is 9.90 Å². The third kappa shape index (κ3) is 40.0. The van der Waals surface area contributed by atoms with Crippen LogP contribution in [0.3, 0.4) is 0 Å². The molecular weight excluding hydrogens is 410 g/mol. The van der Waals surface area contributed by atoms with Gasteiger partial charge in [-0.15, -0.1) is 0 Å². The molecule has 0 atom stereocenters. The second-order valence-electron chi connectivity index (χ2n) is 0.394. The second kappa shape index (κ2) is 9.97. The summed E-state index contributed by atoms with van der Waals surface area (Å²) in [7, 11) is 0. The van der Waals surface area contributed by atoms with Crippen LogP contribution in [0.25, 0.3) is 0 Å². The van der Waals surface area contributed by atoms with Gasteiger partial charge in [-0.25, -0.2) is 0 Å². The van der Waals surface area contributed by atoms with Gasteiger partial charge in [0.25, 0.3) is 0 Å². The van der Waals surface area contributed by atoms with Crippen molar-refractivity contribution in [2.75, 3.05) is 0 Å². The molecule has 0 bridgehead atoms. The van der Waals surface area contributed by atoms with Crippen LogP contribution in [0.15, 0.2) is 0 Å². The Morgan fingerprint density at radius 2 is 1.67 bits per heavy atom. The van der Waals surface area contributed by atoms with Crippen molar-refractivity contribution in [1.82, 2.24) is 0 Å². The molecule has 0 aliphatic carbocycles. The Bertz CT molecular complexity index is 36.5. The minimum Gasteiger partial charge on any atom is 0 e. The zero-order valence-corrected chi connectivity index (χ0v) is 14.2. The molecule has 0 aliphatic heterocycles. The minimum absolute atomic E-state index is 0. The van der Waals surface area contributed by atoms with E-state index in [2.05, 4.69) is 0 Å². The number of hydrogen-bond donors (Lipinski definition) is 1. The quantitative estimate of drug-likeness (QED) is 0.519. The van der Waals surface area contributed by atoms with Crippen LogP contribution in [0.2, 0.25) is 0 Å². The standard InChI is InChI=1S/CHO2.Bi.Zn.Zr.3H/c2-1-3;;;;;;/h(H,2,3);;;;;;. The van der Waals surface area contributed by atoms with Crippen LogP contribution in [-0.2, 0) is 44.5 Å². The van der Waals surface area contributed by atoms with Gasteiger partial charge in [0.15, 0.2) is 0 Å². The van der Waals surface area contributed by atoms with Crippen LogP contribution < -0.4 is 0 Å². The van der Waals surface area contributed by atoms with E-state index in [9.17, 15) is 0 Å². The van der Waals surface area contributed by atoms with E-state index in [0.717, 1.165) is 0 Å². The molecule has 0 unspecified atom stereocenters. The summed E-state index contributed by atoms with van der Waals surface area (Å²) in [5.74, 6) is 0. The van der Waals surface area contributed by atoms with Gasteiger partial charge >= 0.3 is 59.0 Å². The molecule has 0 fully saturated rings. The van der Waals surface area contributed by atoms with Crippen LogP contribution in [0, 0.1) is 0 Å². The Balaban J connectivity index is -0.0000000450. The first-order valence-corrected chi connectivity index (χ1v) is 2.26. The molecule has 0 aromatic heterocycles. The van der Waals surface area contributed by atoms with Crippen molar-refractivity contribution < 1.29 is 54.4 Å². The molecule has 0 spiro atoms. The molecule has 5 heteroatoms. The summed E-state index contributed by atoms with van der Waals surface area (Å²) >= 11 is 0.347. The maximum atomic E-state index is 9.06. The molecule has 0 rings (SSSR count). The predicted octanol–water partition coefficient (Wildman–Crippen LogP) is -0.975. The molecule has 0 amide bonds. The Hall–Kier alpha value is 1.86. The van der Waals surface area contributed by atoms with Crippen molar-refractivity contribution in [3.63, 3.8) is 0 Å². The topological polar surface area (TPSA) is 37.3 Å². The third-order valence-corrected chi connectivity index (χ3v) is 0. The summed E-state index contributed by atoms with van der Waals surface area (Å²) in [6.45, 7) is 0. The van der Waals surface area contributed by atoms with Crippen LogP contribution in [-0.4, -0.2) is 35.9 Å². The van der Waals surface area contributed by atoms with Gasteiger partial charge in [0.2, 0.25) is 0 Å². The summed E-state index contributed by atoms with van der Waals surface area (Å²) in [4.78, 5) is 9.06. The van der Waals surface area contributed by atoms with Gasteiger partial charge in [0.05, 0.1) is 0 Å². The zero-order valence-electron chi connectivity index (χ0n) is 3.27. The number of hydrogen-bond acceptors (Lipinski definition) is 1. The fourth-order valence-electron chi connectivity index (χ4n) is 0. The molecule has 0 aromatic carbocycles. The molecule has 0 saturated heterocycles. The average molecular weight is 414 g/mol. The van der Waals surface area contributed by atoms with Gasteiger partial charge in [-0.05, 0) is 0 Å². The SMILES string of the molecule is O=[C](O)[Zn].[BiH3].[Zr]. The zero-order chi connectivity index (χ0) is 3.58. The first-order valence-electron chi connectivity index (χ1n) is 0.781. The molecule has 0 aliphatic rings. The Labute approximate surface area is 84.0 Å². The van der Waals surface area contributed by atoms with Gasteiger partial charge in [-0.2, -0.15) is 0 Å². The molecule has 0 heterocycles. The number of rotatable bonds is 0. The van der Waals surface area contributed by atoms with Crippen LogP contribution in [0.4, 0.5) is 4.79 Å². The maximum absolute atomic E-state index is 9.06. The average Bonchev–Trinajstić information content (AvgIpc) is 0.811. The van der Waals surface area contributed by atoms with E-state index >= 15 is 0 Å². The van der Waals surface area contributed by atoms with Gasteiger partial charge < -0.3 is 0 Å². The van der Waals surface area contributed by atoms with Crippen LogP contribution >= 0.6 is 0 Å². The fourth-order valence-corrected chi connectivity index (χ4v) is 0. The molecule has 31 valence electrons. The number of carbonyl (C=O) groups is 1. The van der Waals surface area contributed by atoms with Crippen LogP contribution in [0.5, 0.6) is 0 Å². The second-order valence-corrected chi connectivity index (χ2v) is 1.66. The Morgan fingerprint density at radius 1 is 1.67 bits per heavy atom. The fraction of sp³-hybridized carbons (Fsp3) is 0. The summed E-state index contributed by atoms with van der Waals surface area (Å²) < 4.78 is -0.708. The van der Waals surface area contributed by atoms with E-state index in [0.29, 0.717) is 18.3 Å². The van der Waals surface area contributed by atoms with Crippen molar-refractivity contribution in [1.29, 1.82) is 0 Å². The summed E-state index contributed by atoms with van der Waals surface area (Å²) in [5, 5.41) is 7.47. The Kier molecular flexibility index (Phi) is 26.0. The minimum atomic E-state index is -0.708. The van der Waals surface area contributed by atoms with E-state index in [1.54, 1.807) is 0 Å². The smallest absolute Gasteiger partial charge is 0 e. The maximum Gasteiger partial charge on any atom is 0 e. The van der Waals surface area contributed by atoms with E-state index in [1.165, 1.54) is 0 Å². The summed E-state index contributed by atoms with van der Waals surface area (Å²) in [6.07, 6.45) is 0. The van der Waals surface area contributed by atoms with Crippen molar-refractivity contribution in [2.45, 2.75) is 0 Å². The predicted molar refractivity (Wildman–Crippen MR) is 18.0 cm³/mol. The molecule has 1 N–H and O–H groups in total.